The van der Waals surface area contributed by atoms with E-state index in [-0.39, 0.29) is 23.9 Å². The molecule has 0 bridgehead atoms. The first kappa shape index (κ1) is 11.5. The fourth-order valence-electron chi connectivity index (χ4n) is 7.44. The number of fused-ring (bicyclic) bond motifs is 5. The minimum absolute atomic E-state index is 0.173. The van der Waals surface area contributed by atoms with Gasteiger partial charge in [-0.2, -0.15) is 0 Å². The third kappa shape index (κ3) is 2.27. The summed E-state index contributed by atoms with van der Waals surface area (Å²) < 4.78 is 40.6. The normalized spacial score (nSPS) is 65.6. The van der Waals surface area contributed by atoms with Crippen molar-refractivity contribution in [1.29, 1.82) is 0 Å². The summed E-state index contributed by atoms with van der Waals surface area (Å²) in [6, 6.07) is 0. The van der Waals surface area contributed by atoms with Crippen molar-refractivity contribution < 1.29 is 17.1 Å². The molecule has 4 fully saturated rings. The van der Waals surface area contributed by atoms with Crippen LogP contribution in [0, 0.1) is 40.4 Å². The molecular formula is C21H36O2. The van der Waals surface area contributed by atoms with Crippen LogP contribution in [0.25, 0.3) is 0 Å². The molecule has 0 aromatic heterocycles. The largest absolute Gasteiger partial charge is 0.393 e. The third-order valence-electron chi connectivity index (χ3n) is 8.71. The third-order valence-corrected chi connectivity index (χ3v) is 8.71. The fourth-order valence-corrected chi connectivity index (χ4v) is 7.44. The van der Waals surface area contributed by atoms with Crippen LogP contribution in [0.5, 0.6) is 0 Å². The molecule has 23 heavy (non-hydrogen) atoms. The molecule has 4 saturated carbocycles. The second-order valence-corrected chi connectivity index (χ2v) is 9.41. The average molecular weight is 326 g/mol. The Kier molecular flexibility index (Phi) is 2.73. The van der Waals surface area contributed by atoms with Crippen LogP contribution < -0.4 is 0 Å². The summed E-state index contributed by atoms with van der Waals surface area (Å²) >= 11 is 0. The van der Waals surface area contributed by atoms with Crippen LogP contribution in [0.3, 0.4) is 0 Å². The SMILES string of the molecule is [2H]C([2H])([2H])C([2H])(O)[C@@]1([2H])CC[C@H]2[C@@H]3CC[C@@H]4C[C@H](O)CC[C@]4(C)[C@H]3CC[C@@]21C. The van der Waals surface area contributed by atoms with Gasteiger partial charge in [0.05, 0.1) is 13.6 Å². The van der Waals surface area contributed by atoms with E-state index in [1.54, 1.807) is 0 Å². The van der Waals surface area contributed by atoms with Gasteiger partial charge >= 0.3 is 0 Å². The topological polar surface area (TPSA) is 40.5 Å². The number of hydrogen-bond donors (Lipinski definition) is 2. The molecule has 0 spiro atoms. The highest BCUT2D eigenvalue weighted by molar-refractivity contribution is 5.09. The summed E-state index contributed by atoms with van der Waals surface area (Å²) in [5, 5.41) is 20.9. The highest BCUT2D eigenvalue weighted by atomic mass is 16.3. The molecular weight excluding hydrogens is 284 g/mol. The van der Waals surface area contributed by atoms with E-state index in [1.165, 1.54) is 0 Å². The molecule has 2 N–H and O–H groups in total. The van der Waals surface area contributed by atoms with Gasteiger partial charge in [-0.3, -0.25) is 0 Å². The Morgan fingerprint density at radius 2 is 1.78 bits per heavy atom. The fraction of sp³-hybridized carbons (Fsp3) is 1.00. The zero-order valence-electron chi connectivity index (χ0n) is 19.6. The molecule has 0 radical (unpaired) electrons. The summed E-state index contributed by atoms with van der Waals surface area (Å²) in [6.07, 6.45) is 4.74. The zero-order valence-corrected chi connectivity index (χ0v) is 14.6. The molecule has 0 saturated heterocycles. The summed E-state index contributed by atoms with van der Waals surface area (Å²) in [6.45, 7) is 1.50. The second-order valence-electron chi connectivity index (χ2n) is 9.41. The predicted octanol–water partition coefficient (Wildman–Crippen LogP) is 4.39. The van der Waals surface area contributed by atoms with E-state index in [2.05, 4.69) is 6.92 Å². The summed E-state index contributed by atoms with van der Waals surface area (Å²) in [7, 11) is 0. The Labute approximate surface area is 149 Å². The van der Waals surface area contributed by atoms with Gasteiger partial charge in [0, 0.05) is 5.48 Å². The Bertz CT molecular complexity index is 637. The van der Waals surface area contributed by atoms with Crippen LogP contribution in [-0.4, -0.2) is 22.4 Å². The van der Waals surface area contributed by atoms with Crippen molar-refractivity contribution in [2.45, 2.75) is 90.7 Å². The molecule has 0 aromatic rings. The van der Waals surface area contributed by atoms with Gasteiger partial charge in [0.1, 0.15) is 0 Å². The van der Waals surface area contributed by atoms with Crippen molar-refractivity contribution >= 4 is 0 Å². The van der Waals surface area contributed by atoms with E-state index in [4.69, 9.17) is 6.85 Å². The maximum atomic E-state index is 10.8. The first-order valence-electron chi connectivity index (χ1n) is 12.2. The van der Waals surface area contributed by atoms with Gasteiger partial charge in [0.2, 0.25) is 0 Å². The summed E-state index contributed by atoms with van der Waals surface area (Å²) in [5.74, 6) is 0.0780. The number of aliphatic hydroxyl groups is 2. The molecule has 2 heteroatoms. The van der Waals surface area contributed by atoms with Gasteiger partial charge in [0.15, 0.2) is 0 Å². The van der Waals surface area contributed by atoms with Gasteiger partial charge in [-0.1, -0.05) is 13.8 Å². The minimum Gasteiger partial charge on any atom is -0.393 e. The van der Waals surface area contributed by atoms with Crippen molar-refractivity contribution in [3.8, 4) is 0 Å². The average Bonchev–Trinajstić information content (AvgIpc) is 2.87. The van der Waals surface area contributed by atoms with Gasteiger partial charge < -0.3 is 10.2 Å². The molecule has 0 amide bonds. The Balaban J connectivity index is 1.66. The lowest BCUT2D eigenvalue weighted by molar-refractivity contribution is -0.132. The lowest BCUT2D eigenvalue weighted by Crippen LogP contribution is -2.54. The van der Waals surface area contributed by atoms with Crippen LogP contribution in [0.1, 0.15) is 85.3 Å². The van der Waals surface area contributed by atoms with Gasteiger partial charge in [-0.05, 0) is 105 Å². The van der Waals surface area contributed by atoms with Gasteiger partial charge in [0.25, 0.3) is 0 Å². The molecule has 2 nitrogen and oxygen atoms in total. The maximum Gasteiger partial charge on any atom is 0.0601 e. The number of rotatable bonds is 1. The van der Waals surface area contributed by atoms with E-state index < -0.39 is 24.2 Å². The van der Waals surface area contributed by atoms with Gasteiger partial charge in [-0.15, -0.1) is 0 Å². The lowest BCUT2D eigenvalue weighted by atomic mass is 9.44. The molecule has 0 aromatic carbocycles. The smallest absolute Gasteiger partial charge is 0.0601 e. The molecule has 4 aliphatic carbocycles. The Hall–Kier alpha value is -0.0800. The summed E-state index contributed by atoms with van der Waals surface area (Å²) in [4.78, 5) is 0. The van der Waals surface area contributed by atoms with Crippen molar-refractivity contribution in [3.05, 3.63) is 0 Å². The van der Waals surface area contributed by atoms with Gasteiger partial charge in [-0.25, -0.2) is 0 Å². The molecule has 4 aliphatic rings. The highest BCUT2D eigenvalue weighted by Crippen LogP contribution is 2.67. The van der Waals surface area contributed by atoms with Crippen molar-refractivity contribution in [1.82, 2.24) is 0 Å². The van der Waals surface area contributed by atoms with E-state index in [9.17, 15) is 10.2 Å². The zero-order chi connectivity index (χ0) is 20.8. The van der Waals surface area contributed by atoms with Crippen LogP contribution in [0.2, 0.25) is 0 Å². The van der Waals surface area contributed by atoms with E-state index in [0.717, 1.165) is 44.9 Å². The predicted molar refractivity (Wildman–Crippen MR) is 92.9 cm³/mol. The highest BCUT2D eigenvalue weighted by Gasteiger charge is 2.60. The summed E-state index contributed by atoms with van der Waals surface area (Å²) in [5.41, 5.74) is -0.422. The number of aliphatic hydroxyl groups excluding tert-OH is 1. The van der Waals surface area contributed by atoms with Crippen LogP contribution >= 0.6 is 0 Å². The van der Waals surface area contributed by atoms with Crippen molar-refractivity contribution in [2.75, 3.05) is 0 Å². The van der Waals surface area contributed by atoms with E-state index in [0.29, 0.717) is 24.2 Å². The molecule has 4 rings (SSSR count). The first-order valence-corrected chi connectivity index (χ1v) is 9.68. The van der Waals surface area contributed by atoms with Crippen LogP contribution in [0.15, 0.2) is 0 Å². The van der Waals surface area contributed by atoms with Crippen molar-refractivity contribution in [2.24, 2.45) is 40.4 Å². The van der Waals surface area contributed by atoms with Crippen LogP contribution in [0.4, 0.5) is 0 Å². The van der Waals surface area contributed by atoms with E-state index in [1.807, 2.05) is 6.92 Å². The maximum absolute atomic E-state index is 10.8. The molecule has 0 heterocycles. The monoisotopic (exact) mass is 325 g/mol. The molecule has 9 atom stereocenters. The standard InChI is InChI=1S/C21H36O2/c1-13(22)17-6-7-18-16-5-4-14-12-15(23)8-10-20(14,2)19(16)9-11-21(17,18)3/h13-19,22-23H,4-12H2,1-3H3/t13?,14-,15-,16+,17-,18+,19+,20+,21-/m1/s1/i1D3,13D,17D. The second kappa shape index (κ2) is 5.46. The van der Waals surface area contributed by atoms with Crippen LogP contribution in [-0.2, 0) is 0 Å². The lowest BCUT2D eigenvalue weighted by Gasteiger charge is -2.61. The first-order chi connectivity index (χ1) is 12.8. The number of hydrogen-bond acceptors (Lipinski definition) is 2. The Morgan fingerprint density at radius 1 is 1.04 bits per heavy atom. The molecule has 1 unspecified atom stereocenters. The minimum atomic E-state index is -2.88. The quantitative estimate of drug-likeness (QED) is 0.751. The van der Waals surface area contributed by atoms with E-state index >= 15 is 0 Å². The Morgan fingerprint density at radius 3 is 2.57 bits per heavy atom. The molecule has 0 aliphatic heterocycles. The molecule has 132 valence electrons. The van der Waals surface area contributed by atoms with Crippen molar-refractivity contribution in [3.63, 3.8) is 0 Å².